The van der Waals surface area contributed by atoms with Gasteiger partial charge in [-0.1, -0.05) is 63.0 Å². The Hall–Kier alpha value is -1.04. The molecule has 86 valence electrons. The molecule has 0 aromatic heterocycles. The summed E-state index contributed by atoms with van der Waals surface area (Å²) in [6.07, 6.45) is 20.7. The molecular formula is C16H22. The Morgan fingerprint density at radius 1 is 1.00 bits per heavy atom. The van der Waals surface area contributed by atoms with E-state index in [4.69, 9.17) is 0 Å². The van der Waals surface area contributed by atoms with Crippen LogP contribution in [-0.4, -0.2) is 0 Å². The zero-order chi connectivity index (χ0) is 11.2. The van der Waals surface area contributed by atoms with Crippen LogP contribution in [0.4, 0.5) is 0 Å². The van der Waals surface area contributed by atoms with E-state index in [1.54, 1.807) is 5.57 Å². The van der Waals surface area contributed by atoms with Gasteiger partial charge in [0.2, 0.25) is 0 Å². The molecule has 0 fully saturated rings. The van der Waals surface area contributed by atoms with Gasteiger partial charge < -0.3 is 0 Å². The Labute approximate surface area is 99.4 Å². The van der Waals surface area contributed by atoms with Gasteiger partial charge in [-0.3, -0.25) is 0 Å². The third-order valence-electron chi connectivity index (χ3n) is 3.43. The van der Waals surface area contributed by atoms with Crippen LogP contribution in [0.25, 0.3) is 0 Å². The van der Waals surface area contributed by atoms with E-state index in [0.717, 1.165) is 6.42 Å². The van der Waals surface area contributed by atoms with Crippen LogP contribution in [0.2, 0.25) is 0 Å². The number of rotatable bonds is 6. The second-order valence-corrected chi connectivity index (χ2v) is 4.73. The summed E-state index contributed by atoms with van der Waals surface area (Å²) in [5, 5.41) is 0. The summed E-state index contributed by atoms with van der Waals surface area (Å²) in [4.78, 5) is 0. The minimum absolute atomic E-state index is 1.10. The first kappa shape index (κ1) is 11.4. The van der Waals surface area contributed by atoms with Crippen LogP contribution >= 0.6 is 0 Å². The molecule has 2 aliphatic carbocycles. The van der Waals surface area contributed by atoms with Crippen molar-refractivity contribution in [2.24, 2.45) is 0 Å². The van der Waals surface area contributed by atoms with Gasteiger partial charge in [0.15, 0.2) is 0 Å². The summed E-state index contributed by atoms with van der Waals surface area (Å²) in [7, 11) is 0. The quantitative estimate of drug-likeness (QED) is 0.540. The van der Waals surface area contributed by atoms with Gasteiger partial charge >= 0.3 is 0 Å². The summed E-state index contributed by atoms with van der Waals surface area (Å²) in [5.74, 6) is 0. The summed E-state index contributed by atoms with van der Waals surface area (Å²) >= 11 is 0. The molecule has 16 heavy (non-hydrogen) atoms. The Morgan fingerprint density at radius 2 is 1.88 bits per heavy atom. The van der Waals surface area contributed by atoms with Gasteiger partial charge in [-0.2, -0.15) is 0 Å². The maximum absolute atomic E-state index is 2.33. The summed E-state index contributed by atoms with van der Waals surface area (Å²) < 4.78 is 0. The predicted octanol–water partition coefficient (Wildman–Crippen LogP) is 5.10. The minimum Gasteiger partial charge on any atom is -0.0801 e. The van der Waals surface area contributed by atoms with Crippen molar-refractivity contribution in [2.75, 3.05) is 0 Å². The monoisotopic (exact) mass is 214 g/mol. The van der Waals surface area contributed by atoms with Crippen LogP contribution in [0.15, 0.2) is 47.1 Å². The minimum atomic E-state index is 1.10. The summed E-state index contributed by atoms with van der Waals surface area (Å²) in [5.41, 5.74) is 4.49. The molecule has 0 saturated carbocycles. The van der Waals surface area contributed by atoms with Gasteiger partial charge in [-0.05, 0) is 36.0 Å². The van der Waals surface area contributed by atoms with Gasteiger partial charge in [0.05, 0.1) is 0 Å². The molecule has 0 unspecified atom stereocenters. The van der Waals surface area contributed by atoms with Crippen molar-refractivity contribution >= 4 is 0 Å². The molecule has 0 atom stereocenters. The highest BCUT2D eigenvalue weighted by atomic mass is 14.2. The number of fused-ring (bicyclic) bond motifs is 1. The van der Waals surface area contributed by atoms with Crippen LogP contribution in [0, 0.1) is 0 Å². The molecule has 0 aromatic rings. The standard InChI is InChI=1S/C16H22/c1-2-3-4-5-6-9-14-12-13-15-10-7-8-11-16(14)15/h8,10-13H,2-7,9H2,1H3. The van der Waals surface area contributed by atoms with E-state index >= 15 is 0 Å². The van der Waals surface area contributed by atoms with E-state index in [0.29, 0.717) is 0 Å². The topological polar surface area (TPSA) is 0 Å². The highest BCUT2D eigenvalue weighted by molar-refractivity contribution is 5.59. The molecule has 2 rings (SSSR count). The molecule has 0 radical (unpaired) electrons. The molecule has 0 bridgehead atoms. The first-order valence-corrected chi connectivity index (χ1v) is 6.70. The predicted molar refractivity (Wildman–Crippen MR) is 71.4 cm³/mol. The SMILES string of the molecule is CCCCCCCC1=C2C=CCC=C2C=C1. The molecule has 0 amide bonds. The Balaban J connectivity index is 1.81. The number of hydrogen-bond acceptors (Lipinski definition) is 0. The molecule has 2 aliphatic rings. The van der Waals surface area contributed by atoms with Crippen molar-refractivity contribution in [3.8, 4) is 0 Å². The average Bonchev–Trinajstić information content (AvgIpc) is 2.73. The van der Waals surface area contributed by atoms with Crippen LogP contribution in [0.3, 0.4) is 0 Å². The molecule has 0 heteroatoms. The van der Waals surface area contributed by atoms with Crippen LogP contribution < -0.4 is 0 Å². The summed E-state index contributed by atoms with van der Waals surface area (Å²) in [6, 6.07) is 0. The molecule has 0 aromatic carbocycles. The molecule has 0 spiro atoms. The fraction of sp³-hybridized carbons (Fsp3) is 0.500. The van der Waals surface area contributed by atoms with Crippen LogP contribution in [0.1, 0.15) is 51.9 Å². The van der Waals surface area contributed by atoms with Gasteiger partial charge in [0.1, 0.15) is 0 Å². The fourth-order valence-corrected chi connectivity index (χ4v) is 2.45. The molecule has 0 aliphatic heterocycles. The lowest BCUT2D eigenvalue weighted by Crippen LogP contribution is -1.89. The summed E-state index contributed by atoms with van der Waals surface area (Å²) in [6.45, 7) is 2.27. The van der Waals surface area contributed by atoms with Crippen molar-refractivity contribution in [2.45, 2.75) is 51.9 Å². The van der Waals surface area contributed by atoms with E-state index in [2.05, 4.69) is 37.3 Å². The largest absolute Gasteiger partial charge is 0.0801 e. The van der Waals surface area contributed by atoms with Crippen molar-refractivity contribution in [1.82, 2.24) is 0 Å². The van der Waals surface area contributed by atoms with E-state index < -0.39 is 0 Å². The maximum Gasteiger partial charge on any atom is -0.0157 e. The zero-order valence-corrected chi connectivity index (χ0v) is 10.3. The number of allylic oxidation sites excluding steroid dienone is 8. The average molecular weight is 214 g/mol. The molecule has 0 nitrogen and oxygen atoms in total. The molecule has 0 saturated heterocycles. The van der Waals surface area contributed by atoms with E-state index in [9.17, 15) is 0 Å². The van der Waals surface area contributed by atoms with Gasteiger partial charge in [-0.25, -0.2) is 0 Å². The van der Waals surface area contributed by atoms with E-state index in [1.807, 2.05) is 0 Å². The van der Waals surface area contributed by atoms with E-state index in [1.165, 1.54) is 49.7 Å². The van der Waals surface area contributed by atoms with Crippen molar-refractivity contribution in [1.29, 1.82) is 0 Å². The van der Waals surface area contributed by atoms with Gasteiger partial charge in [-0.15, -0.1) is 0 Å². The molecule has 0 N–H and O–H groups in total. The lowest BCUT2D eigenvalue weighted by Gasteiger charge is -2.08. The Morgan fingerprint density at radius 3 is 2.75 bits per heavy atom. The highest BCUT2D eigenvalue weighted by Crippen LogP contribution is 2.31. The first-order valence-electron chi connectivity index (χ1n) is 6.70. The molecule has 0 heterocycles. The normalized spacial score (nSPS) is 17.9. The smallest absolute Gasteiger partial charge is 0.0157 e. The first-order chi connectivity index (χ1) is 7.92. The fourth-order valence-electron chi connectivity index (χ4n) is 2.45. The van der Waals surface area contributed by atoms with Gasteiger partial charge in [0.25, 0.3) is 0 Å². The highest BCUT2D eigenvalue weighted by Gasteiger charge is 2.12. The lowest BCUT2D eigenvalue weighted by atomic mass is 9.97. The third-order valence-corrected chi connectivity index (χ3v) is 3.43. The lowest BCUT2D eigenvalue weighted by molar-refractivity contribution is 0.633. The van der Waals surface area contributed by atoms with Crippen LogP contribution in [-0.2, 0) is 0 Å². The Kier molecular flexibility index (Phi) is 4.21. The second kappa shape index (κ2) is 5.89. The molecular weight excluding hydrogens is 192 g/mol. The van der Waals surface area contributed by atoms with Crippen LogP contribution in [0.5, 0.6) is 0 Å². The second-order valence-electron chi connectivity index (χ2n) is 4.73. The van der Waals surface area contributed by atoms with E-state index in [-0.39, 0.29) is 0 Å². The van der Waals surface area contributed by atoms with Crippen molar-refractivity contribution < 1.29 is 0 Å². The van der Waals surface area contributed by atoms with Crippen molar-refractivity contribution in [3.63, 3.8) is 0 Å². The third kappa shape index (κ3) is 2.75. The maximum atomic E-state index is 2.33. The number of hydrogen-bond donors (Lipinski definition) is 0. The van der Waals surface area contributed by atoms with Gasteiger partial charge in [0, 0.05) is 0 Å². The zero-order valence-electron chi connectivity index (χ0n) is 10.3. The Bertz CT molecular complexity index is 350. The number of unbranched alkanes of at least 4 members (excludes halogenated alkanes) is 4. The van der Waals surface area contributed by atoms with Crippen molar-refractivity contribution in [3.05, 3.63) is 47.1 Å².